The van der Waals surface area contributed by atoms with E-state index >= 15 is 0 Å². The molecule has 0 rings (SSSR count). The highest BCUT2D eigenvalue weighted by Crippen LogP contribution is 1.84. The zero-order valence-corrected chi connectivity index (χ0v) is 6.35. The van der Waals surface area contributed by atoms with Crippen LogP contribution in [0, 0.1) is 0 Å². The molecule has 0 aromatic heterocycles. The number of nitrogens with one attached hydrogen (secondary N) is 2. The van der Waals surface area contributed by atoms with Gasteiger partial charge in [-0.05, 0) is 20.5 Å². The predicted octanol–water partition coefficient (Wildman–Crippen LogP) is -0.523. The van der Waals surface area contributed by atoms with Gasteiger partial charge in [-0.25, -0.2) is 9.79 Å². The Labute approximate surface area is 60.7 Å². The fraction of sp³-hybridized carbons (Fsp3) is 0.833. The highest BCUT2D eigenvalue weighted by molar-refractivity contribution is 5.32. The van der Waals surface area contributed by atoms with E-state index in [1.54, 1.807) is 0 Å². The first-order valence-corrected chi connectivity index (χ1v) is 3.23. The van der Waals surface area contributed by atoms with E-state index in [4.69, 9.17) is 0 Å². The summed E-state index contributed by atoms with van der Waals surface area (Å²) in [5.74, 6) is 0. The SMILES string of the molecule is CNC(CCN=C=O)NC. The molecule has 0 aliphatic heterocycles. The molecule has 10 heavy (non-hydrogen) atoms. The maximum atomic E-state index is 9.63. The number of isocyanates is 1. The van der Waals surface area contributed by atoms with Crippen LogP contribution >= 0.6 is 0 Å². The van der Waals surface area contributed by atoms with Crippen molar-refractivity contribution >= 4 is 6.08 Å². The molecule has 0 saturated carbocycles. The van der Waals surface area contributed by atoms with Crippen LogP contribution in [0.5, 0.6) is 0 Å². The van der Waals surface area contributed by atoms with Crippen molar-refractivity contribution in [2.45, 2.75) is 12.6 Å². The summed E-state index contributed by atoms with van der Waals surface area (Å²) < 4.78 is 0. The van der Waals surface area contributed by atoms with Crippen molar-refractivity contribution in [3.8, 4) is 0 Å². The summed E-state index contributed by atoms with van der Waals surface area (Å²) in [6, 6.07) is 0. The van der Waals surface area contributed by atoms with Gasteiger partial charge in [-0.3, -0.25) is 0 Å². The minimum Gasteiger partial charge on any atom is -0.305 e. The average Bonchev–Trinajstić information content (AvgIpc) is 1.99. The van der Waals surface area contributed by atoms with Gasteiger partial charge in [-0.1, -0.05) is 0 Å². The van der Waals surface area contributed by atoms with Crippen LogP contribution in [0.4, 0.5) is 0 Å². The smallest absolute Gasteiger partial charge is 0.234 e. The lowest BCUT2D eigenvalue weighted by Crippen LogP contribution is -2.38. The monoisotopic (exact) mass is 143 g/mol. The van der Waals surface area contributed by atoms with Gasteiger partial charge in [0.2, 0.25) is 6.08 Å². The van der Waals surface area contributed by atoms with Gasteiger partial charge in [0.15, 0.2) is 0 Å². The minimum absolute atomic E-state index is 0.233. The molecule has 0 bridgehead atoms. The molecule has 0 unspecified atom stereocenters. The molecule has 0 atom stereocenters. The highest BCUT2D eigenvalue weighted by Gasteiger charge is 1.98. The fourth-order valence-electron chi connectivity index (χ4n) is 0.672. The normalized spacial score (nSPS) is 9.50. The molecule has 4 nitrogen and oxygen atoms in total. The molecule has 0 aliphatic carbocycles. The van der Waals surface area contributed by atoms with Crippen LogP contribution in [0.2, 0.25) is 0 Å². The summed E-state index contributed by atoms with van der Waals surface area (Å²) in [6.45, 7) is 0.524. The topological polar surface area (TPSA) is 53.5 Å². The van der Waals surface area contributed by atoms with Crippen molar-refractivity contribution in [3.05, 3.63) is 0 Å². The maximum Gasteiger partial charge on any atom is 0.234 e. The summed E-state index contributed by atoms with van der Waals surface area (Å²) in [6.07, 6.45) is 2.53. The lowest BCUT2D eigenvalue weighted by atomic mass is 10.3. The zero-order valence-electron chi connectivity index (χ0n) is 6.35. The Morgan fingerprint density at radius 1 is 1.50 bits per heavy atom. The average molecular weight is 143 g/mol. The molecule has 0 spiro atoms. The third-order valence-electron chi connectivity index (χ3n) is 1.29. The van der Waals surface area contributed by atoms with E-state index in [2.05, 4.69) is 15.6 Å². The predicted molar refractivity (Wildman–Crippen MR) is 39.5 cm³/mol. The van der Waals surface area contributed by atoms with Crippen molar-refractivity contribution in [1.82, 2.24) is 10.6 Å². The second-order valence-electron chi connectivity index (χ2n) is 1.89. The molecule has 58 valence electrons. The van der Waals surface area contributed by atoms with E-state index < -0.39 is 0 Å². The van der Waals surface area contributed by atoms with Crippen molar-refractivity contribution in [3.63, 3.8) is 0 Å². The van der Waals surface area contributed by atoms with Crippen LogP contribution in [0.15, 0.2) is 4.99 Å². The van der Waals surface area contributed by atoms with E-state index in [9.17, 15) is 4.79 Å². The number of nitrogens with zero attached hydrogens (tertiary/aromatic N) is 1. The van der Waals surface area contributed by atoms with E-state index in [-0.39, 0.29) is 6.17 Å². The van der Waals surface area contributed by atoms with Gasteiger partial charge in [0, 0.05) is 0 Å². The van der Waals surface area contributed by atoms with Crippen molar-refractivity contribution in [2.75, 3.05) is 20.6 Å². The molecule has 0 aliphatic rings. The molecule has 0 aromatic carbocycles. The van der Waals surface area contributed by atoms with Gasteiger partial charge in [0.25, 0.3) is 0 Å². The van der Waals surface area contributed by atoms with E-state index in [0.29, 0.717) is 6.54 Å². The van der Waals surface area contributed by atoms with Crippen LogP contribution in [-0.2, 0) is 4.79 Å². The van der Waals surface area contributed by atoms with Crippen molar-refractivity contribution in [2.24, 2.45) is 4.99 Å². The van der Waals surface area contributed by atoms with Gasteiger partial charge in [-0.15, -0.1) is 0 Å². The third kappa shape index (κ3) is 4.21. The van der Waals surface area contributed by atoms with Crippen LogP contribution in [-0.4, -0.2) is 32.9 Å². The maximum absolute atomic E-state index is 9.63. The summed E-state index contributed by atoms with van der Waals surface area (Å²) in [5.41, 5.74) is 0. The minimum atomic E-state index is 0.233. The number of hydrogen-bond donors (Lipinski definition) is 2. The molecule has 0 saturated heterocycles. The standard InChI is InChI=1S/C6H13N3O/c1-7-6(8-2)3-4-9-5-10/h6-8H,3-4H2,1-2H3. The molecular formula is C6H13N3O. The van der Waals surface area contributed by atoms with Crippen LogP contribution in [0.25, 0.3) is 0 Å². The molecule has 0 heterocycles. The first-order valence-electron chi connectivity index (χ1n) is 3.23. The van der Waals surface area contributed by atoms with Gasteiger partial charge in [0.05, 0.1) is 12.7 Å². The highest BCUT2D eigenvalue weighted by atomic mass is 16.1. The van der Waals surface area contributed by atoms with Gasteiger partial charge in [0.1, 0.15) is 0 Å². The molecular weight excluding hydrogens is 130 g/mol. The Morgan fingerprint density at radius 2 is 2.10 bits per heavy atom. The summed E-state index contributed by atoms with van der Waals surface area (Å²) >= 11 is 0. The Morgan fingerprint density at radius 3 is 2.50 bits per heavy atom. The second kappa shape index (κ2) is 6.42. The Balaban J connectivity index is 3.34. The Hall–Kier alpha value is -0.700. The Kier molecular flexibility index (Phi) is 5.97. The summed E-state index contributed by atoms with van der Waals surface area (Å²) in [5, 5.41) is 6.02. The molecule has 0 amide bonds. The lowest BCUT2D eigenvalue weighted by molar-refractivity contribution is 0.468. The summed E-state index contributed by atoms with van der Waals surface area (Å²) in [4.78, 5) is 13.1. The number of aliphatic imine (C=N–C) groups is 1. The second-order valence-corrected chi connectivity index (χ2v) is 1.89. The van der Waals surface area contributed by atoms with Gasteiger partial charge < -0.3 is 10.6 Å². The third-order valence-corrected chi connectivity index (χ3v) is 1.29. The molecule has 4 heteroatoms. The van der Waals surface area contributed by atoms with E-state index in [0.717, 1.165) is 6.42 Å². The number of hydrogen-bond acceptors (Lipinski definition) is 4. The van der Waals surface area contributed by atoms with E-state index in [1.807, 2.05) is 14.1 Å². The van der Waals surface area contributed by atoms with Crippen molar-refractivity contribution < 1.29 is 4.79 Å². The quantitative estimate of drug-likeness (QED) is 0.309. The van der Waals surface area contributed by atoms with E-state index in [1.165, 1.54) is 6.08 Å². The van der Waals surface area contributed by atoms with Crippen LogP contribution in [0.3, 0.4) is 0 Å². The molecule has 2 N–H and O–H groups in total. The van der Waals surface area contributed by atoms with Crippen LogP contribution < -0.4 is 10.6 Å². The van der Waals surface area contributed by atoms with Gasteiger partial charge in [-0.2, -0.15) is 0 Å². The Bertz CT molecular complexity index is 116. The summed E-state index contributed by atoms with van der Waals surface area (Å²) in [7, 11) is 3.71. The number of carbonyl (C=O) groups excluding carboxylic acids is 1. The molecule has 0 aromatic rings. The first-order chi connectivity index (χ1) is 4.85. The fourth-order valence-corrected chi connectivity index (χ4v) is 0.672. The lowest BCUT2D eigenvalue weighted by Gasteiger charge is -2.12. The molecule has 0 radical (unpaired) electrons. The zero-order chi connectivity index (χ0) is 7.82. The van der Waals surface area contributed by atoms with Crippen LogP contribution in [0.1, 0.15) is 6.42 Å². The molecule has 0 fully saturated rings. The largest absolute Gasteiger partial charge is 0.305 e. The number of rotatable bonds is 5. The first kappa shape index (κ1) is 9.30. The van der Waals surface area contributed by atoms with Crippen molar-refractivity contribution in [1.29, 1.82) is 0 Å². The van der Waals surface area contributed by atoms with Gasteiger partial charge >= 0.3 is 0 Å².